The van der Waals surface area contributed by atoms with Crippen molar-refractivity contribution in [2.75, 3.05) is 39.1 Å². The molecule has 1 saturated heterocycles. The molecule has 2 aliphatic rings. The van der Waals surface area contributed by atoms with Crippen molar-refractivity contribution in [3.63, 3.8) is 0 Å². The van der Waals surface area contributed by atoms with Gasteiger partial charge in [-0.2, -0.15) is 0 Å². The summed E-state index contributed by atoms with van der Waals surface area (Å²) < 4.78 is 5.44. The van der Waals surface area contributed by atoms with E-state index < -0.39 is 0 Å². The lowest BCUT2D eigenvalue weighted by Crippen LogP contribution is -2.33. The van der Waals surface area contributed by atoms with Gasteiger partial charge >= 0.3 is 0 Å². The van der Waals surface area contributed by atoms with E-state index in [1.165, 1.54) is 42.7 Å². The average molecular weight is 260 g/mol. The minimum absolute atomic E-state index is 0.664. The van der Waals surface area contributed by atoms with Gasteiger partial charge in [-0.15, -0.1) is 0 Å². The lowest BCUT2D eigenvalue weighted by Gasteiger charge is -2.32. The Hall–Kier alpha value is -1.22. The highest BCUT2D eigenvalue weighted by Gasteiger charge is 2.32. The van der Waals surface area contributed by atoms with Crippen LogP contribution in [0.2, 0.25) is 0 Å². The van der Waals surface area contributed by atoms with Crippen molar-refractivity contribution < 1.29 is 4.74 Å². The minimum Gasteiger partial charge on any atom is -0.497 e. The predicted molar refractivity (Wildman–Crippen MR) is 79.2 cm³/mol. The standard InChI is InChI=1S/C16H24N2O/c1-11-8-13(19-3)9-14-15(10-17-16(11)14)12-4-6-18(2)7-5-12/h8-9,12,15,17H,4-7,10H2,1-3H3. The Kier molecular flexibility index (Phi) is 3.40. The lowest BCUT2D eigenvalue weighted by atomic mass is 9.81. The molecule has 1 atom stereocenters. The smallest absolute Gasteiger partial charge is 0.119 e. The van der Waals surface area contributed by atoms with Crippen LogP contribution in [0.25, 0.3) is 0 Å². The van der Waals surface area contributed by atoms with Crippen LogP contribution >= 0.6 is 0 Å². The Balaban J connectivity index is 1.86. The van der Waals surface area contributed by atoms with Crippen molar-refractivity contribution in [3.05, 3.63) is 23.3 Å². The lowest BCUT2D eigenvalue weighted by molar-refractivity contribution is 0.202. The van der Waals surface area contributed by atoms with Gasteiger partial charge in [0, 0.05) is 18.2 Å². The second-order valence-corrected chi connectivity index (χ2v) is 6.04. The molecule has 1 N–H and O–H groups in total. The Bertz CT molecular complexity index is 464. The molecule has 1 aromatic carbocycles. The first-order valence-electron chi connectivity index (χ1n) is 7.30. The Labute approximate surface area is 115 Å². The van der Waals surface area contributed by atoms with Gasteiger partial charge in [0.2, 0.25) is 0 Å². The number of rotatable bonds is 2. The number of likely N-dealkylation sites (tertiary alicyclic amines) is 1. The van der Waals surface area contributed by atoms with Gasteiger partial charge in [0.15, 0.2) is 0 Å². The molecule has 2 aliphatic heterocycles. The summed E-state index contributed by atoms with van der Waals surface area (Å²) in [7, 11) is 3.98. The number of anilines is 1. The van der Waals surface area contributed by atoms with Crippen molar-refractivity contribution in [2.45, 2.75) is 25.7 Å². The van der Waals surface area contributed by atoms with Crippen LogP contribution in [0, 0.1) is 12.8 Å². The van der Waals surface area contributed by atoms with E-state index in [2.05, 4.69) is 36.3 Å². The summed E-state index contributed by atoms with van der Waals surface area (Å²) in [5, 5.41) is 3.61. The van der Waals surface area contributed by atoms with Crippen molar-refractivity contribution in [3.8, 4) is 5.75 Å². The molecule has 0 saturated carbocycles. The molecule has 2 heterocycles. The number of aryl methyl sites for hydroxylation is 1. The second-order valence-electron chi connectivity index (χ2n) is 6.04. The van der Waals surface area contributed by atoms with E-state index in [1.807, 2.05) is 0 Å². The van der Waals surface area contributed by atoms with Gasteiger partial charge in [-0.3, -0.25) is 0 Å². The number of nitrogens with one attached hydrogen (secondary N) is 1. The van der Waals surface area contributed by atoms with Gasteiger partial charge in [0.25, 0.3) is 0 Å². The predicted octanol–water partition coefficient (Wildman–Crippen LogP) is 2.85. The number of hydrogen-bond acceptors (Lipinski definition) is 3. The molecular formula is C16H24N2O. The molecule has 0 amide bonds. The summed E-state index contributed by atoms with van der Waals surface area (Å²) in [5.41, 5.74) is 4.14. The molecule has 104 valence electrons. The topological polar surface area (TPSA) is 24.5 Å². The third-order valence-corrected chi connectivity index (χ3v) is 4.81. The van der Waals surface area contributed by atoms with Crippen LogP contribution < -0.4 is 10.1 Å². The third-order valence-electron chi connectivity index (χ3n) is 4.81. The maximum atomic E-state index is 5.44. The number of fused-ring (bicyclic) bond motifs is 1. The van der Waals surface area contributed by atoms with Crippen LogP contribution in [0.4, 0.5) is 5.69 Å². The van der Waals surface area contributed by atoms with Gasteiger partial charge in [0.05, 0.1) is 7.11 Å². The van der Waals surface area contributed by atoms with Crippen LogP contribution in [0.15, 0.2) is 12.1 Å². The molecule has 0 bridgehead atoms. The first kappa shape index (κ1) is 12.8. The number of methoxy groups -OCH3 is 1. The van der Waals surface area contributed by atoms with Gasteiger partial charge in [0.1, 0.15) is 5.75 Å². The minimum atomic E-state index is 0.664. The molecule has 0 spiro atoms. The molecule has 3 nitrogen and oxygen atoms in total. The fourth-order valence-corrected chi connectivity index (χ4v) is 3.61. The van der Waals surface area contributed by atoms with Gasteiger partial charge in [-0.1, -0.05) is 0 Å². The molecule has 0 aliphatic carbocycles. The van der Waals surface area contributed by atoms with Gasteiger partial charge in [-0.25, -0.2) is 0 Å². The molecular weight excluding hydrogens is 236 g/mol. The van der Waals surface area contributed by atoms with Crippen LogP contribution in [0.3, 0.4) is 0 Å². The van der Waals surface area contributed by atoms with Crippen LogP contribution in [-0.2, 0) is 0 Å². The highest BCUT2D eigenvalue weighted by Crippen LogP contribution is 2.43. The molecule has 0 aromatic heterocycles. The quantitative estimate of drug-likeness (QED) is 0.885. The average Bonchev–Trinajstić information content (AvgIpc) is 2.84. The van der Waals surface area contributed by atoms with Gasteiger partial charge < -0.3 is 15.0 Å². The van der Waals surface area contributed by atoms with E-state index in [-0.39, 0.29) is 0 Å². The zero-order valence-corrected chi connectivity index (χ0v) is 12.2. The molecule has 19 heavy (non-hydrogen) atoms. The fourth-order valence-electron chi connectivity index (χ4n) is 3.61. The summed E-state index contributed by atoms with van der Waals surface area (Å²) in [6.07, 6.45) is 2.64. The highest BCUT2D eigenvalue weighted by atomic mass is 16.5. The second kappa shape index (κ2) is 5.04. The normalized spacial score (nSPS) is 24.1. The molecule has 0 radical (unpaired) electrons. The van der Waals surface area contributed by atoms with Crippen LogP contribution in [-0.4, -0.2) is 38.7 Å². The molecule has 1 aromatic rings. The van der Waals surface area contributed by atoms with E-state index in [0.717, 1.165) is 18.2 Å². The molecule has 1 unspecified atom stereocenters. The van der Waals surface area contributed by atoms with E-state index >= 15 is 0 Å². The first-order chi connectivity index (χ1) is 9.19. The number of hydrogen-bond donors (Lipinski definition) is 1. The monoisotopic (exact) mass is 260 g/mol. The first-order valence-corrected chi connectivity index (χ1v) is 7.30. The van der Waals surface area contributed by atoms with Gasteiger partial charge in [-0.05, 0) is 69.1 Å². The third kappa shape index (κ3) is 2.32. The van der Waals surface area contributed by atoms with E-state index in [1.54, 1.807) is 7.11 Å². The summed E-state index contributed by atoms with van der Waals surface area (Å²) in [5.74, 6) is 2.48. The largest absolute Gasteiger partial charge is 0.497 e. The summed E-state index contributed by atoms with van der Waals surface area (Å²) >= 11 is 0. The summed E-state index contributed by atoms with van der Waals surface area (Å²) in [6, 6.07) is 4.37. The Morgan fingerprint density at radius 2 is 2.00 bits per heavy atom. The number of ether oxygens (including phenoxy) is 1. The summed E-state index contributed by atoms with van der Waals surface area (Å²) in [6.45, 7) is 5.74. The van der Waals surface area contributed by atoms with Crippen LogP contribution in [0.5, 0.6) is 5.75 Å². The van der Waals surface area contributed by atoms with E-state index in [0.29, 0.717) is 5.92 Å². The maximum Gasteiger partial charge on any atom is 0.119 e. The zero-order chi connectivity index (χ0) is 13.4. The highest BCUT2D eigenvalue weighted by molar-refractivity contribution is 5.65. The number of nitrogens with zero attached hydrogens (tertiary/aromatic N) is 1. The van der Waals surface area contributed by atoms with Crippen molar-refractivity contribution in [1.29, 1.82) is 0 Å². The van der Waals surface area contributed by atoms with Crippen molar-refractivity contribution >= 4 is 5.69 Å². The number of piperidine rings is 1. The van der Waals surface area contributed by atoms with Crippen LogP contribution in [0.1, 0.15) is 29.9 Å². The fraction of sp³-hybridized carbons (Fsp3) is 0.625. The maximum absolute atomic E-state index is 5.44. The van der Waals surface area contributed by atoms with Crippen molar-refractivity contribution in [1.82, 2.24) is 4.90 Å². The molecule has 3 rings (SSSR count). The zero-order valence-electron chi connectivity index (χ0n) is 12.2. The van der Waals surface area contributed by atoms with Crippen molar-refractivity contribution in [2.24, 2.45) is 5.92 Å². The number of benzene rings is 1. The van der Waals surface area contributed by atoms with E-state index in [4.69, 9.17) is 4.74 Å². The Morgan fingerprint density at radius 3 is 2.68 bits per heavy atom. The molecule has 1 fully saturated rings. The van der Waals surface area contributed by atoms with E-state index in [9.17, 15) is 0 Å². The SMILES string of the molecule is COc1cc(C)c2c(c1)C(C1CCN(C)CC1)CN2. The summed E-state index contributed by atoms with van der Waals surface area (Å²) in [4.78, 5) is 2.44. The molecule has 3 heteroatoms. The Morgan fingerprint density at radius 1 is 1.26 bits per heavy atom.